The Bertz CT molecular complexity index is 1200. The topological polar surface area (TPSA) is 88.5 Å². The molecule has 7 nitrogen and oxygen atoms in total. The molecule has 1 fully saturated rings. The third-order valence-electron chi connectivity index (χ3n) is 6.10. The molecule has 1 aliphatic rings. The molecule has 0 bridgehead atoms. The summed E-state index contributed by atoms with van der Waals surface area (Å²) in [6, 6.07) is 10.1. The number of benzene rings is 1. The molecule has 32 heavy (non-hydrogen) atoms. The van der Waals surface area contributed by atoms with Gasteiger partial charge >= 0.3 is 0 Å². The van der Waals surface area contributed by atoms with Gasteiger partial charge in [-0.1, -0.05) is 48.3 Å². The number of halogens is 1. The summed E-state index contributed by atoms with van der Waals surface area (Å²) in [6.07, 6.45) is 4.49. The Morgan fingerprint density at radius 3 is 2.69 bits per heavy atom. The molecule has 4 rings (SSSR count). The van der Waals surface area contributed by atoms with E-state index in [1.807, 2.05) is 49.7 Å². The van der Waals surface area contributed by atoms with Crippen molar-refractivity contribution in [3.8, 4) is 17.5 Å². The molecule has 0 atom stereocenters. The molecule has 0 aliphatic heterocycles. The van der Waals surface area contributed by atoms with Crippen molar-refractivity contribution in [2.24, 2.45) is 7.05 Å². The summed E-state index contributed by atoms with van der Waals surface area (Å²) < 4.78 is 3.98. The second kappa shape index (κ2) is 9.39. The molecule has 166 valence electrons. The van der Waals surface area contributed by atoms with Crippen LogP contribution in [0.5, 0.6) is 0 Å². The van der Waals surface area contributed by atoms with Gasteiger partial charge in [0.05, 0.1) is 16.3 Å². The van der Waals surface area contributed by atoms with Gasteiger partial charge in [0.2, 0.25) is 5.91 Å². The number of hydrogen-bond donors (Lipinski definition) is 1. The number of carbonyl (C=O) groups excluding carboxylic acids is 1. The van der Waals surface area contributed by atoms with Gasteiger partial charge in [0, 0.05) is 24.3 Å². The van der Waals surface area contributed by atoms with Crippen LogP contribution in [0.1, 0.15) is 48.5 Å². The first-order chi connectivity index (χ1) is 15.4. The summed E-state index contributed by atoms with van der Waals surface area (Å²) in [5, 5.41) is 22.4. The van der Waals surface area contributed by atoms with Gasteiger partial charge in [-0.2, -0.15) is 5.26 Å². The van der Waals surface area contributed by atoms with Crippen molar-refractivity contribution in [1.29, 1.82) is 5.26 Å². The van der Waals surface area contributed by atoms with Gasteiger partial charge < -0.3 is 14.5 Å². The molecule has 1 saturated carbocycles. The highest BCUT2D eigenvalue weighted by atomic mass is 35.5. The zero-order valence-electron chi connectivity index (χ0n) is 18.4. The van der Waals surface area contributed by atoms with E-state index in [1.165, 1.54) is 24.6 Å². The maximum atomic E-state index is 12.9. The largest absolute Gasteiger partial charge is 0.327 e. The number of aromatic nitrogens is 4. The van der Waals surface area contributed by atoms with E-state index in [-0.39, 0.29) is 11.7 Å². The van der Waals surface area contributed by atoms with E-state index in [2.05, 4.69) is 26.2 Å². The van der Waals surface area contributed by atoms with Crippen molar-refractivity contribution in [2.75, 3.05) is 11.1 Å². The van der Waals surface area contributed by atoms with E-state index in [0.29, 0.717) is 33.4 Å². The van der Waals surface area contributed by atoms with Gasteiger partial charge in [0.1, 0.15) is 11.9 Å². The molecule has 1 aromatic carbocycles. The number of nitrogens with zero attached hydrogens (tertiary/aromatic N) is 5. The number of amides is 1. The molecule has 0 unspecified atom stereocenters. The van der Waals surface area contributed by atoms with Crippen molar-refractivity contribution >= 4 is 35.1 Å². The average molecular weight is 469 g/mol. The zero-order valence-corrected chi connectivity index (χ0v) is 19.9. The van der Waals surface area contributed by atoms with Crippen molar-refractivity contribution in [3.05, 3.63) is 46.1 Å². The minimum atomic E-state index is -0.175. The second-order valence-electron chi connectivity index (χ2n) is 8.04. The predicted octanol–water partition coefficient (Wildman–Crippen LogP) is 5.27. The number of thioether (sulfide) groups is 1. The Kier molecular flexibility index (Phi) is 6.58. The lowest BCUT2D eigenvalue weighted by Crippen LogP contribution is -2.20. The van der Waals surface area contributed by atoms with E-state index >= 15 is 0 Å². The Morgan fingerprint density at radius 2 is 2.00 bits per heavy atom. The molecule has 2 aromatic heterocycles. The summed E-state index contributed by atoms with van der Waals surface area (Å²) in [5.74, 6) is 1.25. The molecule has 1 aliphatic carbocycles. The van der Waals surface area contributed by atoms with Crippen molar-refractivity contribution < 1.29 is 4.79 Å². The Balaban J connectivity index is 1.51. The first-order valence-corrected chi connectivity index (χ1v) is 12.0. The lowest BCUT2D eigenvalue weighted by atomic mass is 10.2. The predicted molar refractivity (Wildman–Crippen MR) is 127 cm³/mol. The highest BCUT2D eigenvalue weighted by Gasteiger charge is 2.27. The lowest BCUT2D eigenvalue weighted by molar-refractivity contribution is -0.113. The van der Waals surface area contributed by atoms with Crippen LogP contribution in [0, 0.1) is 25.2 Å². The third kappa shape index (κ3) is 4.15. The number of nitriles is 1. The van der Waals surface area contributed by atoms with Crippen LogP contribution in [0.25, 0.3) is 11.4 Å². The van der Waals surface area contributed by atoms with Crippen LogP contribution in [-0.2, 0) is 11.8 Å². The molecular weight excluding hydrogens is 444 g/mol. The van der Waals surface area contributed by atoms with E-state index < -0.39 is 0 Å². The standard InChI is InChI=1S/C23H25ClN6OS/c1-14-15(2)30(16-8-4-5-9-16)21(18(14)12-25)26-20(31)13-32-23-28-27-22(29(23)3)17-10-6-7-11-19(17)24/h6-7,10-11,16H,4-5,8-9,13H2,1-3H3,(H,26,31). The first kappa shape index (κ1) is 22.4. The summed E-state index contributed by atoms with van der Waals surface area (Å²) in [6.45, 7) is 3.97. The van der Waals surface area contributed by atoms with Crippen LogP contribution in [0.15, 0.2) is 29.4 Å². The molecule has 0 saturated heterocycles. The molecule has 0 radical (unpaired) electrons. The first-order valence-electron chi connectivity index (χ1n) is 10.6. The fourth-order valence-electron chi connectivity index (χ4n) is 4.32. The molecule has 3 aromatic rings. The van der Waals surface area contributed by atoms with Gasteiger partial charge in [-0.25, -0.2) is 0 Å². The lowest BCUT2D eigenvalue weighted by Gasteiger charge is -2.19. The number of rotatable bonds is 6. The normalized spacial score (nSPS) is 14.0. The van der Waals surface area contributed by atoms with E-state index in [0.717, 1.165) is 29.7 Å². The molecule has 0 spiro atoms. The van der Waals surface area contributed by atoms with Gasteiger partial charge in [0.15, 0.2) is 11.0 Å². The maximum absolute atomic E-state index is 12.9. The van der Waals surface area contributed by atoms with Gasteiger partial charge in [0.25, 0.3) is 0 Å². The summed E-state index contributed by atoms with van der Waals surface area (Å²) in [7, 11) is 1.85. The highest BCUT2D eigenvalue weighted by molar-refractivity contribution is 7.99. The van der Waals surface area contributed by atoms with E-state index in [4.69, 9.17) is 11.6 Å². The van der Waals surface area contributed by atoms with Crippen molar-refractivity contribution in [1.82, 2.24) is 19.3 Å². The molecular formula is C23H25ClN6OS. The van der Waals surface area contributed by atoms with Crippen LogP contribution in [0.4, 0.5) is 5.82 Å². The maximum Gasteiger partial charge on any atom is 0.235 e. The second-order valence-corrected chi connectivity index (χ2v) is 9.39. The number of carbonyl (C=O) groups is 1. The van der Waals surface area contributed by atoms with Crippen molar-refractivity contribution in [3.63, 3.8) is 0 Å². The molecule has 1 amide bonds. The van der Waals surface area contributed by atoms with Gasteiger partial charge in [-0.15, -0.1) is 10.2 Å². The van der Waals surface area contributed by atoms with Crippen molar-refractivity contribution in [2.45, 2.75) is 50.7 Å². The minimum absolute atomic E-state index is 0.160. The van der Waals surface area contributed by atoms with E-state index in [9.17, 15) is 10.1 Å². The SMILES string of the molecule is Cc1c(C#N)c(NC(=O)CSc2nnc(-c3ccccc3Cl)n2C)n(C2CCCC2)c1C. The van der Waals surface area contributed by atoms with Crippen LogP contribution in [0.3, 0.4) is 0 Å². The smallest absolute Gasteiger partial charge is 0.235 e. The van der Waals surface area contributed by atoms with Crippen LogP contribution in [-0.4, -0.2) is 31.0 Å². The molecule has 2 heterocycles. The Labute approximate surface area is 196 Å². The average Bonchev–Trinajstić information content (AvgIpc) is 3.48. The number of nitrogens with one attached hydrogen (secondary N) is 1. The molecule has 9 heteroatoms. The van der Waals surface area contributed by atoms with E-state index in [1.54, 1.807) is 0 Å². The fourth-order valence-corrected chi connectivity index (χ4v) is 5.25. The van der Waals surface area contributed by atoms with Gasteiger partial charge in [-0.3, -0.25) is 4.79 Å². The summed E-state index contributed by atoms with van der Waals surface area (Å²) in [4.78, 5) is 12.9. The fraction of sp³-hybridized carbons (Fsp3) is 0.391. The Morgan fingerprint density at radius 1 is 1.28 bits per heavy atom. The highest BCUT2D eigenvalue weighted by Crippen LogP contribution is 2.38. The van der Waals surface area contributed by atoms with Crippen LogP contribution < -0.4 is 5.32 Å². The van der Waals surface area contributed by atoms with Gasteiger partial charge in [-0.05, 0) is 44.4 Å². The monoisotopic (exact) mass is 468 g/mol. The van der Waals surface area contributed by atoms with Crippen LogP contribution >= 0.6 is 23.4 Å². The summed E-state index contributed by atoms with van der Waals surface area (Å²) in [5.41, 5.74) is 3.32. The quantitative estimate of drug-likeness (QED) is 0.497. The third-order valence-corrected chi connectivity index (χ3v) is 7.45. The Hall–Kier alpha value is -2.76. The number of anilines is 1. The molecule has 1 N–H and O–H groups in total. The number of hydrogen-bond acceptors (Lipinski definition) is 5. The van der Waals surface area contributed by atoms with Crippen LogP contribution in [0.2, 0.25) is 5.02 Å². The summed E-state index contributed by atoms with van der Waals surface area (Å²) >= 11 is 7.59. The minimum Gasteiger partial charge on any atom is -0.327 e. The zero-order chi connectivity index (χ0) is 22.8.